The Labute approximate surface area is 83.3 Å². The molecule has 1 fully saturated rings. The van der Waals surface area contributed by atoms with Crippen molar-refractivity contribution in [1.82, 2.24) is 0 Å². The van der Waals surface area contributed by atoms with Crippen LogP contribution in [0.5, 0.6) is 11.5 Å². The molecule has 1 aliphatic carbocycles. The highest BCUT2D eigenvalue weighted by molar-refractivity contribution is 5.43. The lowest BCUT2D eigenvalue weighted by Crippen LogP contribution is -1.99. The Morgan fingerprint density at radius 1 is 1.36 bits per heavy atom. The van der Waals surface area contributed by atoms with E-state index in [4.69, 9.17) is 14.6 Å². The van der Waals surface area contributed by atoms with Gasteiger partial charge in [0.2, 0.25) is 0 Å². The number of rotatable bonds is 4. The van der Waals surface area contributed by atoms with Gasteiger partial charge in [-0.2, -0.15) is 0 Å². The van der Waals surface area contributed by atoms with Crippen molar-refractivity contribution in [3.63, 3.8) is 0 Å². The third-order valence-electron chi connectivity index (χ3n) is 2.23. The van der Waals surface area contributed by atoms with Crippen LogP contribution in [0, 0.1) is 0 Å². The van der Waals surface area contributed by atoms with Crippen LogP contribution in [0.3, 0.4) is 0 Å². The molecule has 0 bridgehead atoms. The lowest BCUT2D eigenvalue weighted by atomic mass is 10.2. The highest BCUT2D eigenvalue weighted by Crippen LogP contribution is 2.33. The van der Waals surface area contributed by atoms with Crippen LogP contribution in [-0.2, 0) is 6.61 Å². The Hall–Kier alpha value is -1.22. The van der Waals surface area contributed by atoms with E-state index < -0.39 is 0 Å². The second-order valence-electron chi connectivity index (χ2n) is 3.46. The molecule has 0 aliphatic heterocycles. The summed E-state index contributed by atoms with van der Waals surface area (Å²) in [5.41, 5.74) is 0.838. The Morgan fingerprint density at radius 2 is 2.14 bits per heavy atom. The summed E-state index contributed by atoms with van der Waals surface area (Å²) in [4.78, 5) is 0. The van der Waals surface area contributed by atoms with Crippen LogP contribution in [0.4, 0.5) is 0 Å². The summed E-state index contributed by atoms with van der Waals surface area (Å²) in [6, 6.07) is 5.50. The first-order chi connectivity index (χ1) is 6.83. The molecular formula is C11H14O3. The molecule has 0 amide bonds. The molecule has 0 unspecified atom stereocenters. The minimum absolute atomic E-state index is 0.0278. The van der Waals surface area contributed by atoms with Crippen LogP contribution < -0.4 is 9.47 Å². The fourth-order valence-corrected chi connectivity index (χ4v) is 1.27. The Morgan fingerprint density at radius 3 is 2.71 bits per heavy atom. The van der Waals surface area contributed by atoms with Gasteiger partial charge in [-0.1, -0.05) is 6.07 Å². The fraction of sp³-hybridized carbons (Fsp3) is 0.455. The second kappa shape index (κ2) is 3.88. The van der Waals surface area contributed by atoms with Crippen molar-refractivity contribution in [3.8, 4) is 11.5 Å². The van der Waals surface area contributed by atoms with Gasteiger partial charge in [-0.25, -0.2) is 0 Å². The van der Waals surface area contributed by atoms with Gasteiger partial charge in [0, 0.05) is 0 Å². The quantitative estimate of drug-likeness (QED) is 0.793. The molecule has 0 aromatic heterocycles. The van der Waals surface area contributed by atoms with E-state index in [2.05, 4.69) is 0 Å². The van der Waals surface area contributed by atoms with E-state index >= 15 is 0 Å². The molecule has 14 heavy (non-hydrogen) atoms. The van der Waals surface area contributed by atoms with Gasteiger partial charge in [0.05, 0.1) is 19.8 Å². The average molecular weight is 194 g/mol. The molecule has 2 rings (SSSR count). The summed E-state index contributed by atoms with van der Waals surface area (Å²) in [5, 5.41) is 8.95. The first-order valence-corrected chi connectivity index (χ1v) is 4.78. The normalized spacial score (nSPS) is 15.3. The average Bonchev–Trinajstić information content (AvgIpc) is 3.02. The predicted octanol–water partition coefficient (Wildman–Crippen LogP) is 1.73. The maximum absolute atomic E-state index is 8.95. The molecular weight excluding hydrogens is 180 g/mol. The van der Waals surface area contributed by atoms with Gasteiger partial charge < -0.3 is 14.6 Å². The molecule has 0 saturated heterocycles. The van der Waals surface area contributed by atoms with Crippen LogP contribution in [-0.4, -0.2) is 18.3 Å². The van der Waals surface area contributed by atoms with Crippen molar-refractivity contribution in [1.29, 1.82) is 0 Å². The zero-order chi connectivity index (χ0) is 9.97. The van der Waals surface area contributed by atoms with E-state index in [1.807, 2.05) is 12.1 Å². The van der Waals surface area contributed by atoms with Crippen LogP contribution in [0.25, 0.3) is 0 Å². The molecule has 1 saturated carbocycles. The first-order valence-electron chi connectivity index (χ1n) is 4.78. The molecule has 3 nitrogen and oxygen atoms in total. The molecule has 76 valence electrons. The van der Waals surface area contributed by atoms with E-state index in [0.29, 0.717) is 11.9 Å². The lowest BCUT2D eigenvalue weighted by molar-refractivity contribution is 0.273. The lowest BCUT2D eigenvalue weighted by Gasteiger charge is -2.10. The highest BCUT2D eigenvalue weighted by atomic mass is 16.5. The summed E-state index contributed by atoms with van der Waals surface area (Å²) >= 11 is 0. The van der Waals surface area contributed by atoms with Crippen molar-refractivity contribution in [2.24, 2.45) is 0 Å². The SMILES string of the molecule is COc1cc(CO)ccc1OC1CC1. The van der Waals surface area contributed by atoms with Gasteiger partial charge in [0.25, 0.3) is 0 Å². The summed E-state index contributed by atoms with van der Waals surface area (Å²) < 4.78 is 10.8. The second-order valence-corrected chi connectivity index (χ2v) is 3.46. The minimum atomic E-state index is 0.0278. The molecule has 0 atom stereocenters. The number of benzene rings is 1. The topological polar surface area (TPSA) is 38.7 Å². The van der Waals surface area contributed by atoms with Crippen molar-refractivity contribution >= 4 is 0 Å². The molecule has 1 aromatic rings. The Balaban J connectivity index is 2.19. The van der Waals surface area contributed by atoms with E-state index in [9.17, 15) is 0 Å². The first kappa shape index (κ1) is 9.34. The predicted molar refractivity (Wildman–Crippen MR) is 52.6 cm³/mol. The van der Waals surface area contributed by atoms with E-state index in [1.54, 1.807) is 13.2 Å². The largest absolute Gasteiger partial charge is 0.493 e. The highest BCUT2D eigenvalue weighted by Gasteiger charge is 2.24. The van der Waals surface area contributed by atoms with Gasteiger partial charge >= 0.3 is 0 Å². The summed E-state index contributed by atoms with van der Waals surface area (Å²) in [5.74, 6) is 1.47. The van der Waals surface area contributed by atoms with Gasteiger partial charge in [-0.05, 0) is 30.5 Å². The zero-order valence-electron chi connectivity index (χ0n) is 8.19. The molecule has 0 radical (unpaired) electrons. The Bertz CT molecular complexity index is 318. The third-order valence-corrected chi connectivity index (χ3v) is 2.23. The monoisotopic (exact) mass is 194 g/mol. The minimum Gasteiger partial charge on any atom is -0.493 e. The van der Waals surface area contributed by atoms with Gasteiger partial charge in [-0.3, -0.25) is 0 Å². The number of ether oxygens (including phenoxy) is 2. The maximum atomic E-state index is 8.95. The van der Waals surface area contributed by atoms with Crippen LogP contribution in [0.1, 0.15) is 18.4 Å². The number of hydrogen-bond acceptors (Lipinski definition) is 3. The molecule has 1 aromatic carbocycles. The van der Waals surface area contributed by atoms with Crippen LogP contribution >= 0.6 is 0 Å². The molecule has 1 N–H and O–H groups in total. The molecule has 0 heterocycles. The van der Waals surface area contributed by atoms with Crippen molar-refractivity contribution in [2.75, 3.05) is 7.11 Å². The zero-order valence-corrected chi connectivity index (χ0v) is 8.19. The van der Waals surface area contributed by atoms with Gasteiger partial charge in [0.15, 0.2) is 11.5 Å². The number of aliphatic hydroxyl groups is 1. The van der Waals surface area contributed by atoms with Gasteiger partial charge in [-0.15, -0.1) is 0 Å². The van der Waals surface area contributed by atoms with Gasteiger partial charge in [0.1, 0.15) is 0 Å². The molecule has 0 spiro atoms. The number of methoxy groups -OCH3 is 1. The molecule has 1 aliphatic rings. The van der Waals surface area contributed by atoms with E-state index in [1.165, 1.54) is 0 Å². The van der Waals surface area contributed by atoms with Crippen LogP contribution in [0.2, 0.25) is 0 Å². The summed E-state index contributed by atoms with van der Waals surface area (Å²) in [6.07, 6.45) is 2.62. The summed E-state index contributed by atoms with van der Waals surface area (Å²) in [7, 11) is 1.61. The van der Waals surface area contributed by atoms with E-state index in [0.717, 1.165) is 24.2 Å². The maximum Gasteiger partial charge on any atom is 0.161 e. The number of aliphatic hydroxyl groups excluding tert-OH is 1. The number of hydrogen-bond donors (Lipinski definition) is 1. The fourth-order valence-electron chi connectivity index (χ4n) is 1.27. The van der Waals surface area contributed by atoms with Crippen molar-refractivity contribution < 1.29 is 14.6 Å². The smallest absolute Gasteiger partial charge is 0.161 e. The third kappa shape index (κ3) is 1.99. The van der Waals surface area contributed by atoms with Crippen LogP contribution in [0.15, 0.2) is 18.2 Å². The molecule has 3 heteroatoms. The van der Waals surface area contributed by atoms with E-state index in [-0.39, 0.29) is 6.61 Å². The summed E-state index contributed by atoms with van der Waals surface area (Å²) in [6.45, 7) is 0.0278. The van der Waals surface area contributed by atoms with Crippen molar-refractivity contribution in [3.05, 3.63) is 23.8 Å². The van der Waals surface area contributed by atoms with Crippen molar-refractivity contribution in [2.45, 2.75) is 25.6 Å². The Kier molecular flexibility index (Phi) is 2.59. The standard InChI is InChI=1S/C11H14O3/c1-13-11-6-8(7-12)2-5-10(11)14-9-3-4-9/h2,5-6,9,12H,3-4,7H2,1H3.